The van der Waals surface area contributed by atoms with Crippen molar-refractivity contribution in [2.75, 3.05) is 0 Å². The summed E-state index contributed by atoms with van der Waals surface area (Å²) in [5.74, 6) is 0. The molecule has 0 bridgehead atoms. The molecule has 0 aromatic rings. The zero-order valence-corrected chi connectivity index (χ0v) is 4.70. The minimum Gasteiger partial charge on any atom is -0.807 e. The summed E-state index contributed by atoms with van der Waals surface area (Å²) in [6, 6.07) is 0. The van der Waals surface area contributed by atoms with Crippen LogP contribution in [0.2, 0.25) is 0 Å². The maximum absolute atomic E-state index is 9.39. The van der Waals surface area contributed by atoms with E-state index in [1.807, 2.05) is 0 Å². The molecule has 0 amide bonds. The Kier molecular flexibility index (Phi) is 1.89. The van der Waals surface area contributed by atoms with Crippen LogP contribution in [0.3, 0.4) is 0 Å². The Morgan fingerprint density at radius 2 is 1.71 bits per heavy atom. The van der Waals surface area contributed by atoms with E-state index < -0.39 is 12.5 Å². The monoisotopic (exact) mass is 139 g/mol. The van der Waals surface area contributed by atoms with Gasteiger partial charge in [-0.25, -0.2) is 0 Å². The third-order valence-corrected chi connectivity index (χ3v) is 1.34. The van der Waals surface area contributed by atoms with Crippen LogP contribution in [0.1, 0.15) is 0 Å². The first-order chi connectivity index (χ1) is 2.94. The van der Waals surface area contributed by atoms with E-state index in [9.17, 15) is 19.1 Å². The normalized spacial score (nSPS) is 11.1. The van der Waals surface area contributed by atoms with Gasteiger partial charge in [0.2, 0.25) is 0 Å². The molecular weight excluding hydrogens is 139 g/mol. The van der Waals surface area contributed by atoms with Crippen molar-refractivity contribution in [3.63, 3.8) is 0 Å². The van der Waals surface area contributed by atoms with Crippen LogP contribution in [-0.4, -0.2) is 4.86 Å². The van der Waals surface area contributed by atoms with Gasteiger partial charge in [-0.2, -0.15) is 0 Å². The summed E-state index contributed by atoms with van der Waals surface area (Å²) >= 11 is 3.49. The molecule has 0 aromatic carbocycles. The Morgan fingerprint density at radius 1 is 1.57 bits per heavy atom. The lowest BCUT2D eigenvalue weighted by Gasteiger charge is -2.30. The average Bonchev–Trinajstić information content (AvgIpc) is 1.31. The summed E-state index contributed by atoms with van der Waals surface area (Å²) in [4.78, 5) is 26.4. The molecule has 0 unspecified atom stereocenters. The number of rotatable bonds is 1. The van der Waals surface area contributed by atoms with Crippen LogP contribution in [0.4, 0.5) is 4.79 Å². The summed E-state index contributed by atoms with van der Waals surface area (Å²) in [6.07, 6.45) is 0. The summed E-state index contributed by atoms with van der Waals surface area (Å²) in [5, 5.41) is 0. The molecule has 42 valence electrons. The second-order valence-electron chi connectivity index (χ2n) is 0.763. The van der Waals surface area contributed by atoms with E-state index in [1.54, 1.807) is 0 Å². The largest absolute Gasteiger partial charge is 0.807 e. The van der Waals surface area contributed by atoms with E-state index in [4.69, 9.17) is 0 Å². The standard InChI is InChI=1S/CH3O4PS/c2-1(7)6(3,4)5/h(H,2,7)(H2,3,4,5)/p-3. The predicted octanol–water partition coefficient (Wildman–Crippen LogP) is -1.43. The molecule has 0 N–H and O–H groups in total. The Balaban J connectivity index is 4.09. The van der Waals surface area contributed by atoms with Gasteiger partial charge in [-0.15, -0.1) is 0 Å². The highest BCUT2D eigenvalue weighted by Gasteiger charge is 1.83. The summed E-state index contributed by atoms with van der Waals surface area (Å²) in [6.45, 7) is 0. The first kappa shape index (κ1) is 7.04. The SMILES string of the molecule is O=C([S-])P(=O)([O-])[O-]. The summed E-state index contributed by atoms with van der Waals surface area (Å²) in [5.41, 5.74) is 0. The molecule has 6 heteroatoms. The van der Waals surface area contributed by atoms with Gasteiger partial charge >= 0.3 is 0 Å². The molecule has 0 spiro atoms. The van der Waals surface area contributed by atoms with Crippen LogP contribution in [-0.2, 0) is 17.2 Å². The van der Waals surface area contributed by atoms with Gasteiger partial charge in [0, 0.05) is 4.86 Å². The zero-order valence-electron chi connectivity index (χ0n) is 2.99. The molecule has 0 saturated carbocycles. The van der Waals surface area contributed by atoms with Crippen LogP contribution in [0, 0.1) is 0 Å². The van der Waals surface area contributed by atoms with Crippen molar-refractivity contribution >= 4 is 25.1 Å². The molecule has 0 saturated heterocycles. The van der Waals surface area contributed by atoms with Crippen LogP contribution in [0.15, 0.2) is 0 Å². The van der Waals surface area contributed by atoms with Crippen LogP contribution < -0.4 is 9.79 Å². The molecule has 0 fully saturated rings. The minimum atomic E-state index is -5.06. The molecule has 0 atom stereocenters. The Labute approximate surface area is 45.1 Å². The van der Waals surface area contributed by atoms with Crippen molar-refractivity contribution in [3.05, 3.63) is 0 Å². The van der Waals surface area contributed by atoms with Crippen molar-refractivity contribution in [2.45, 2.75) is 0 Å². The van der Waals surface area contributed by atoms with E-state index in [0.717, 1.165) is 0 Å². The van der Waals surface area contributed by atoms with Crippen molar-refractivity contribution in [2.24, 2.45) is 0 Å². The number of carbonyl (C=O) groups is 1. The smallest absolute Gasteiger partial charge is 0.0440 e. The van der Waals surface area contributed by atoms with Gasteiger partial charge < -0.3 is 31.8 Å². The molecule has 7 heavy (non-hydrogen) atoms. The Bertz CT molecular complexity index is 124. The lowest BCUT2D eigenvalue weighted by molar-refractivity contribution is -0.306. The van der Waals surface area contributed by atoms with Crippen molar-refractivity contribution in [1.82, 2.24) is 0 Å². The molecule has 0 aliphatic heterocycles. The van der Waals surface area contributed by atoms with E-state index in [-0.39, 0.29) is 0 Å². The fourth-order valence-electron chi connectivity index (χ4n) is 0. The van der Waals surface area contributed by atoms with Gasteiger partial charge in [0.25, 0.3) is 0 Å². The molecule has 0 aliphatic rings. The predicted molar refractivity (Wildman–Crippen MR) is 20.4 cm³/mol. The zero-order chi connectivity index (χ0) is 6.08. The summed E-state index contributed by atoms with van der Waals surface area (Å²) in [7, 11) is -5.06. The highest BCUT2D eigenvalue weighted by atomic mass is 32.1. The van der Waals surface area contributed by atoms with Crippen LogP contribution >= 0.6 is 7.60 Å². The van der Waals surface area contributed by atoms with Crippen molar-refractivity contribution in [1.29, 1.82) is 0 Å². The van der Waals surface area contributed by atoms with Crippen LogP contribution in [0.25, 0.3) is 0 Å². The van der Waals surface area contributed by atoms with Gasteiger partial charge in [-0.05, 0) is 7.60 Å². The first-order valence-electron chi connectivity index (χ1n) is 1.18. The van der Waals surface area contributed by atoms with Gasteiger partial charge in [0.05, 0.1) is 0 Å². The molecular formula is CO4PS-3. The topological polar surface area (TPSA) is 80.3 Å². The van der Waals surface area contributed by atoms with Gasteiger partial charge in [-0.3, -0.25) is 0 Å². The molecule has 0 rings (SSSR count). The summed E-state index contributed by atoms with van der Waals surface area (Å²) < 4.78 is 9.35. The maximum Gasteiger partial charge on any atom is 0.0440 e. The third kappa shape index (κ3) is 2.70. The molecule has 4 nitrogen and oxygen atoms in total. The Morgan fingerprint density at radius 3 is 1.71 bits per heavy atom. The Hall–Kier alpha value is 0.0400. The molecule has 0 aromatic heterocycles. The quantitative estimate of drug-likeness (QED) is 0.328. The second-order valence-corrected chi connectivity index (χ2v) is 2.84. The average molecular weight is 139 g/mol. The highest BCUT2D eigenvalue weighted by molar-refractivity contribution is 7.99. The number of hydrogen-bond donors (Lipinski definition) is 0. The lowest BCUT2D eigenvalue weighted by atomic mass is 11.8. The molecule has 0 radical (unpaired) electrons. The van der Waals surface area contributed by atoms with Crippen molar-refractivity contribution in [3.8, 4) is 0 Å². The van der Waals surface area contributed by atoms with E-state index in [1.165, 1.54) is 0 Å². The highest BCUT2D eigenvalue weighted by Crippen LogP contribution is 2.23. The third-order valence-electron chi connectivity index (χ3n) is 0.224. The van der Waals surface area contributed by atoms with Gasteiger partial charge in [0.15, 0.2) is 0 Å². The maximum atomic E-state index is 9.39. The van der Waals surface area contributed by atoms with Gasteiger partial charge in [0.1, 0.15) is 0 Å². The second kappa shape index (κ2) is 1.88. The number of hydrogen-bond acceptors (Lipinski definition) is 5. The van der Waals surface area contributed by atoms with Gasteiger partial charge in [-0.1, -0.05) is 0 Å². The van der Waals surface area contributed by atoms with Crippen molar-refractivity contribution < 1.29 is 19.1 Å². The molecule has 0 aliphatic carbocycles. The van der Waals surface area contributed by atoms with Crippen LogP contribution in [0.5, 0.6) is 0 Å². The lowest BCUT2D eigenvalue weighted by Crippen LogP contribution is -2.18. The van der Waals surface area contributed by atoms with E-state index in [0.29, 0.717) is 0 Å². The fourth-order valence-corrected chi connectivity index (χ4v) is 0. The fraction of sp³-hybridized carbons (Fsp3) is 0. The van der Waals surface area contributed by atoms with E-state index >= 15 is 0 Å². The van der Waals surface area contributed by atoms with E-state index in [2.05, 4.69) is 12.6 Å². The minimum absolute atomic E-state index is 1.73. The number of carbonyl (C=O) groups excluding carboxylic acids is 1. The first-order valence-corrected chi connectivity index (χ1v) is 3.13. The molecule has 0 heterocycles.